The van der Waals surface area contributed by atoms with Gasteiger partial charge >= 0.3 is 0 Å². The summed E-state index contributed by atoms with van der Waals surface area (Å²) in [5.41, 5.74) is 0.972. The molecule has 1 amide bonds. The molecule has 7 heteroatoms. The number of nitrogens with zero attached hydrogens (tertiary/aromatic N) is 1. The van der Waals surface area contributed by atoms with E-state index in [1.807, 2.05) is 24.3 Å². The second kappa shape index (κ2) is 8.67. The van der Waals surface area contributed by atoms with E-state index < -0.39 is 17.5 Å². The highest BCUT2D eigenvalue weighted by atomic mass is 35.5. The highest BCUT2D eigenvalue weighted by Gasteiger charge is 2.25. The first kappa shape index (κ1) is 19.6. The fraction of sp³-hybridized carbons (Fsp3) is 0.350. The maximum atomic E-state index is 13.5. The highest BCUT2D eigenvalue weighted by Crippen LogP contribution is 2.27. The maximum absolute atomic E-state index is 13.5. The molecular formula is C20H21ClF2N2O2. The topological polar surface area (TPSA) is 41.6 Å². The molecule has 0 saturated carbocycles. The SMILES string of the molecule is COc1ccc(C(CNC(=O)c2cc(F)c(F)cc2Cl)N2CCCC2)cc1. The van der Waals surface area contributed by atoms with Gasteiger partial charge in [-0.1, -0.05) is 23.7 Å². The number of methoxy groups -OCH3 is 1. The van der Waals surface area contributed by atoms with E-state index in [0.29, 0.717) is 6.54 Å². The van der Waals surface area contributed by atoms with Crippen molar-refractivity contribution in [1.82, 2.24) is 10.2 Å². The Morgan fingerprint density at radius 2 is 1.81 bits per heavy atom. The molecule has 0 radical (unpaired) electrons. The number of carbonyl (C=O) groups is 1. The third-order valence-electron chi connectivity index (χ3n) is 4.79. The van der Waals surface area contributed by atoms with Crippen molar-refractivity contribution in [2.75, 3.05) is 26.7 Å². The molecule has 1 aliphatic rings. The molecule has 1 fully saturated rings. The molecule has 1 saturated heterocycles. The van der Waals surface area contributed by atoms with Crippen LogP contribution in [-0.4, -0.2) is 37.6 Å². The Bertz CT molecular complexity index is 808. The zero-order valence-corrected chi connectivity index (χ0v) is 15.7. The second-order valence-electron chi connectivity index (χ2n) is 6.49. The normalized spacial score (nSPS) is 15.6. The zero-order valence-electron chi connectivity index (χ0n) is 15.0. The van der Waals surface area contributed by atoms with Gasteiger partial charge in [0.2, 0.25) is 0 Å². The molecule has 27 heavy (non-hydrogen) atoms. The summed E-state index contributed by atoms with van der Waals surface area (Å²) in [6, 6.07) is 9.32. The van der Waals surface area contributed by atoms with Gasteiger partial charge in [0, 0.05) is 6.54 Å². The third-order valence-corrected chi connectivity index (χ3v) is 5.11. The molecular weight excluding hydrogens is 374 g/mol. The van der Waals surface area contributed by atoms with E-state index in [4.69, 9.17) is 16.3 Å². The van der Waals surface area contributed by atoms with Gasteiger partial charge < -0.3 is 10.1 Å². The van der Waals surface area contributed by atoms with Crippen LogP contribution < -0.4 is 10.1 Å². The molecule has 1 aliphatic heterocycles. The Balaban J connectivity index is 1.76. The molecule has 1 unspecified atom stereocenters. The summed E-state index contributed by atoms with van der Waals surface area (Å²) in [7, 11) is 1.61. The lowest BCUT2D eigenvalue weighted by Crippen LogP contribution is -2.37. The minimum Gasteiger partial charge on any atom is -0.497 e. The van der Waals surface area contributed by atoms with Crippen LogP contribution in [0.3, 0.4) is 0 Å². The van der Waals surface area contributed by atoms with E-state index in [1.54, 1.807) is 7.11 Å². The number of carbonyl (C=O) groups excluding carboxylic acids is 1. The summed E-state index contributed by atoms with van der Waals surface area (Å²) in [6.07, 6.45) is 2.21. The Kier molecular flexibility index (Phi) is 6.29. The largest absolute Gasteiger partial charge is 0.497 e. The molecule has 3 rings (SSSR count). The number of ether oxygens (including phenoxy) is 1. The molecule has 0 aromatic heterocycles. The van der Waals surface area contributed by atoms with Gasteiger partial charge in [-0.05, 0) is 55.8 Å². The molecule has 2 aromatic carbocycles. The van der Waals surface area contributed by atoms with Gasteiger partial charge in [0.1, 0.15) is 5.75 Å². The van der Waals surface area contributed by atoms with Crippen molar-refractivity contribution in [1.29, 1.82) is 0 Å². The van der Waals surface area contributed by atoms with Gasteiger partial charge in [0.15, 0.2) is 11.6 Å². The van der Waals surface area contributed by atoms with Crippen LogP contribution in [0.4, 0.5) is 8.78 Å². The van der Waals surface area contributed by atoms with Crippen LogP contribution >= 0.6 is 11.6 Å². The Morgan fingerprint density at radius 1 is 1.19 bits per heavy atom. The van der Waals surface area contributed by atoms with Gasteiger partial charge in [0.05, 0.1) is 23.7 Å². The van der Waals surface area contributed by atoms with Gasteiger partial charge in [0.25, 0.3) is 5.91 Å². The Labute approximate surface area is 162 Å². The van der Waals surface area contributed by atoms with Gasteiger partial charge in [-0.15, -0.1) is 0 Å². The van der Waals surface area contributed by atoms with Crippen LogP contribution in [0.25, 0.3) is 0 Å². The number of rotatable bonds is 6. The van der Waals surface area contributed by atoms with Crippen LogP contribution in [0.2, 0.25) is 5.02 Å². The fourth-order valence-electron chi connectivity index (χ4n) is 3.32. The average Bonchev–Trinajstić information content (AvgIpc) is 3.19. The summed E-state index contributed by atoms with van der Waals surface area (Å²) in [5, 5.41) is 2.69. The van der Waals surface area contributed by atoms with E-state index in [0.717, 1.165) is 49.4 Å². The highest BCUT2D eigenvalue weighted by molar-refractivity contribution is 6.33. The first-order valence-electron chi connectivity index (χ1n) is 8.80. The number of amides is 1. The molecule has 0 spiro atoms. The molecule has 1 heterocycles. The molecule has 4 nitrogen and oxygen atoms in total. The molecule has 0 bridgehead atoms. The lowest BCUT2D eigenvalue weighted by atomic mass is 10.0. The number of likely N-dealkylation sites (tertiary alicyclic amines) is 1. The number of benzene rings is 2. The maximum Gasteiger partial charge on any atom is 0.252 e. The van der Waals surface area contributed by atoms with Crippen LogP contribution in [-0.2, 0) is 0 Å². The summed E-state index contributed by atoms with van der Waals surface area (Å²) in [4.78, 5) is 14.8. The molecule has 0 aliphatic carbocycles. The Morgan fingerprint density at radius 3 is 2.44 bits per heavy atom. The molecule has 2 aromatic rings. The number of hydrogen-bond acceptors (Lipinski definition) is 3. The standard InChI is InChI=1S/C20H21ClF2N2O2/c1-27-14-6-4-13(5-7-14)19(25-8-2-3-9-25)12-24-20(26)15-10-17(22)18(23)11-16(15)21/h4-7,10-11,19H,2-3,8-9,12H2,1H3,(H,24,26). The lowest BCUT2D eigenvalue weighted by molar-refractivity contribution is 0.0937. The number of halogens is 3. The monoisotopic (exact) mass is 394 g/mol. The Hall–Kier alpha value is -2.18. The summed E-state index contributed by atoms with van der Waals surface area (Å²) in [5.74, 6) is -1.95. The summed E-state index contributed by atoms with van der Waals surface area (Å²) < 4.78 is 31.9. The second-order valence-corrected chi connectivity index (χ2v) is 6.90. The fourth-order valence-corrected chi connectivity index (χ4v) is 3.55. The van der Waals surface area contributed by atoms with Crippen molar-refractivity contribution >= 4 is 17.5 Å². The van der Waals surface area contributed by atoms with Crippen molar-refractivity contribution in [2.24, 2.45) is 0 Å². The van der Waals surface area contributed by atoms with Crippen LogP contribution in [0.5, 0.6) is 5.75 Å². The zero-order chi connectivity index (χ0) is 19.4. The van der Waals surface area contributed by atoms with E-state index in [2.05, 4.69) is 10.2 Å². The molecule has 1 N–H and O–H groups in total. The molecule has 1 atom stereocenters. The quantitative estimate of drug-likeness (QED) is 0.747. The first-order chi connectivity index (χ1) is 13.0. The van der Waals surface area contributed by atoms with Gasteiger partial charge in [-0.25, -0.2) is 8.78 Å². The van der Waals surface area contributed by atoms with Gasteiger partial charge in [-0.3, -0.25) is 9.69 Å². The van der Waals surface area contributed by atoms with E-state index in [1.165, 1.54) is 0 Å². The first-order valence-corrected chi connectivity index (χ1v) is 9.18. The predicted octanol–water partition coefficient (Wildman–Crippen LogP) is 4.19. The van der Waals surface area contributed by atoms with Crippen molar-refractivity contribution < 1.29 is 18.3 Å². The van der Waals surface area contributed by atoms with Crippen molar-refractivity contribution in [3.05, 3.63) is 64.2 Å². The van der Waals surface area contributed by atoms with Crippen LogP contribution in [0, 0.1) is 11.6 Å². The minimum absolute atomic E-state index is 0.0218. The van der Waals surface area contributed by atoms with Crippen molar-refractivity contribution in [2.45, 2.75) is 18.9 Å². The van der Waals surface area contributed by atoms with E-state index in [-0.39, 0.29) is 16.6 Å². The minimum atomic E-state index is -1.10. The number of nitrogens with one attached hydrogen (secondary N) is 1. The third kappa shape index (κ3) is 4.57. The van der Waals surface area contributed by atoms with E-state index in [9.17, 15) is 13.6 Å². The van der Waals surface area contributed by atoms with Crippen molar-refractivity contribution in [3.63, 3.8) is 0 Å². The van der Waals surface area contributed by atoms with Crippen LogP contribution in [0.1, 0.15) is 34.8 Å². The van der Waals surface area contributed by atoms with Gasteiger partial charge in [-0.2, -0.15) is 0 Å². The predicted molar refractivity (Wildman–Crippen MR) is 100 cm³/mol. The van der Waals surface area contributed by atoms with Crippen molar-refractivity contribution in [3.8, 4) is 5.75 Å². The average molecular weight is 395 g/mol. The molecule has 144 valence electrons. The summed E-state index contributed by atoms with van der Waals surface area (Å²) >= 11 is 5.90. The van der Waals surface area contributed by atoms with Crippen LogP contribution in [0.15, 0.2) is 36.4 Å². The van der Waals surface area contributed by atoms with E-state index >= 15 is 0 Å². The summed E-state index contributed by atoms with van der Waals surface area (Å²) in [6.45, 7) is 2.22. The number of hydrogen-bond donors (Lipinski definition) is 1. The smallest absolute Gasteiger partial charge is 0.252 e. The lowest BCUT2D eigenvalue weighted by Gasteiger charge is -2.28.